The Labute approximate surface area is 134 Å². The zero-order chi connectivity index (χ0) is 15.7. The van der Waals surface area contributed by atoms with Crippen molar-refractivity contribution in [2.24, 2.45) is 5.92 Å². The van der Waals surface area contributed by atoms with Crippen LogP contribution >= 0.6 is 11.3 Å². The highest BCUT2D eigenvalue weighted by Gasteiger charge is 2.27. The van der Waals surface area contributed by atoms with Gasteiger partial charge in [-0.25, -0.2) is 4.98 Å². The van der Waals surface area contributed by atoms with Crippen molar-refractivity contribution in [3.05, 3.63) is 40.9 Å². The zero-order valence-corrected chi connectivity index (χ0v) is 13.6. The van der Waals surface area contributed by atoms with Crippen molar-refractivity contribution in [3.63, 3.8) is 0 Å². The average Bonchev–Trinajstić information content (AvgIpc) is 2.96. The molecule has 116 valence electrons. The minimum atomic E-state index is -0.428. The summed E-state index contributed by atoms with van der Waals surface area (Å²) in [5.74, 6) is 0.245. The van der Waals surface area contributed by atoms with Crippen LogP contribution in [0.15, 0.2) is 29.6 Å². The minimum Gasteiger partial charge on any atom is -0.391 e. The number of carbonyl (C=O) groups is 1. The number of piperidine rings is 1. The molecule has 1 aliphatic heterocycles. The summed E-state index contributed by atoms with van der Waals surface area (Å²) in [6, 6.07) is 7.59. The summed E-state index contributed by atoms with van der Waals surface area (Å²) in [6.45, 7) is 5.11. The molecule has 1 N–H and O–H groups in total. The number of hydrogen-bond donors (Lipinski definition) is 1. The van der Waals surface area contributed by atoms with Crippen molar-refractivity contribution in [3.8, 4) is 10.6 Å². The van der Waals surface area contributed by atoms with E-state index in [1.165, 1.54) is 0 Å². The van der Waals surface area contributed by atoms with Gasteiger partial charge in [0.15, 0.2) is 0 Å². The van der Waals surface area contributed by atoms with Gasteiger partial charge >= 0.3 is 0 Å². The molecule has 3 rings (SSSR count). The topological polar surface area (TPSA) is 53.4 Å². The number of rotatable bonds is 2. The molecule has 0 aliphatic carbocycles. The number of aryl methyl sites for hydroxylation is 1. The molecule has 22 heavy (non-hydrogen) atoms. The molecule has 2 atom stereocenters. The number of carbonyl (C=O) groups excluding carboxylic acids is 1. The van der Waals surface area contributed by atoms with Crippen LogP contribution in [0.25, 0.3) is 10.6 Å². The molecule has 2 heterocycles. The van der Waals surface area contributed by atoms with Gasteiger partial charge in [0, 0.05) is 35.3 Å². The van der Waals surface area contributed by atoms with E-state index in [0.717, 1.165) is 22.7 Å². The highest BCUT2D eigenvalue weighted by molar-refractivity contribution is 7.13. The Morgan fingerprint density at radius 3 is 2.95 bits per heavy atom. The van der Waals surface area contributed by atoms with Gasteiger partial charge in [-0.3, -0.25) is 4.79 Å². The quantitative estimate of drug-likeness (QED) is 0.927. The summed E-state index contributed by atoms with van der Waals surface area (Å²) >= 11 is 1.58. The molecule has 1 fully saturated rings. The average molecular weight is 316 g/mol. The lowest BCUT2D eigenvalue weighted by atomic mass is 9.95. The Balaban J connectivity index is 1.81. The summed E-state index contributed by atoms with van der Waals surface area (Å²) < 4.78 is 0. The number of nitrogens with zero attached hydrogens (tertiary/aromatic N) is 2. The fourth-order valence-electron chi connectivity index (χ4n) is 2.69. The Hall–Kier alpha value is -1.72. The van der Waals surface area contributed by atoms with Crippen LogP contribution in [-0.2, 0) is 0 Å². The van der Waals surface area contributed by atoms with Crippen molar-refractivity contribution >= 4 is 17.2 Å². The molecular weight excluding hydrogens is 296 g/mol. The fraction of sp³-hybridized carbons (Fsp3) is 0.412. The number of thiazole rings is 1. The normalized spacial score (nSPS) is 21.9. The number of likely N-dealkylation sites (tertiary alicyclic amines) is 1. The second-order valence-electron chi connectivity index (χ2n) is 5.96. The summed E-state index contributed by atoms with van der Waals surface area (Å²) in [5.41, 5.74) is 2.62. The first-order valence-electron chi connectivity index (χ1n) is 7.54. The molecule has 1 aromatic heterocycles. The molecule has 1 amide bonds. The SMILES string of the molecule is Cc1csc(-c2cccc(C(=O)N3CCC(C)C(O)C3)c2)n1. The molecule has 1 saturated heterocycles. The van der Waals surface area contributed by atoms with Gasteiger partial charge in [0.25, 0.3) is 5.91 Å². The van der Waals surface area contributed by atoms with E-state index in [2.05, 4.69) is 4.98 Å². The molecule has 2 aromatic rings. The first kappa shape index (κ1) is 15.2. The first-order chi connectivity index (χ1) is 10.5. The number of β-amino-alcohol motifs (C(OH)–C–C–N with tert-alkyl or cyclic N) is 1. The zero-order valence-electron chi connectivity index (χ0n) is 12.8. The molecule has 1 aliphatic rings. The second-order valence-corrected chi connectivity index (χ2v) is 6.82. The standard InChI is InChI=1S/C17H20N2O2S/c1-11-6-7-19(9-15(11)20)17(21)14-5-3-4-13(8-14)16-18-12(2)10-22-16/h3-5,8,10-11,15,20H,6-7,9H2,1-2H3. The number of benzene rings is 1. The van der Waals surface area contributed by atoms with Crippen LogP contribution in [0, 0.1) is 12.8 Å². The lowest BCUT2D eigenvalue weighted by molar-refractivity contribution is 0.0248. The Morgan fingerprint density at radius 1 is 1.45 bits per heavy atom. The van der Waals surface area contributed by atoms with Crippen LogP contribution < -0.4 is 0 Å². The number of aliphatic hydroxyl groups is 1. The van der Waals surface area contributed by atoms with E-state index in [0.29, 0.717) is 18.7 Å². The Morgan fingerprint density at radius 2 is 2.27 bits per heavy atom. The maximum atomic E-state index is 12.6. The molecule has 0 bridgehead atoms. The summed E-state index contributed by atoms with van der Waals surface area (Å²) in [6.07, 6.45) is 0.417. The van der Waals surface area contributed by atoms with Crippen molar-refractivity contribution in [1.82, 2.24) is 9.88 Å². The van der Waals surface area contributed by atoms with Crippen LogP contribution in [0.5, 0.6) is 0 Å². The smallest absolute Gasteiger partial charge is 0.253 e. The number of aliphatic hydroxyl groups excluding tert-OH is 1. The van der Waals surface area contributed by atoms with E-state index >= 15 is 0 Å². The van der Waals surface area contributed by atoms with Gasteiger partial charge < -0.3 is 10.0 Å². The van der Waals surface area contributed by atoms with E-state index in [1.807, 2.05) is 43.5 Å². The molecule has 4 nitrogen and oxygen atoms in total. The second kappa shape index (κ2) is 6.18. The number of aromatic nitrogens is 1. The highest BCUT2D eigenvalue weighted by Crippen LogP contribution is 2.25. The van der Waals surface area contributed by atoms with E-state index < -0.39 is 6.10 Å². The van der Waals surface area contributed by atoms with Gasteiger partial charge in [0.05, 0.1) is 6.10 Å². The van der Waals surface area contributed by atoms with Crippen LogP contribution in [0.4, 0.5) is 0 Å². The lowest BCUT2D eigenvalue weighted by Gasteiger charge is -2.34. The van der Waals surface area contributed by atoms with Crippen molar-refractivity contribution < 1.29 is 9.90 Å². The van der Waals surface area contributed by atoms with E-state index in [4.69, 9.17) is 0 Å². The maximum absolute atomic E-state index is 12.6. The maximum Gasteiger partial charge on any atom is 0.253 e. The van der Waals surface area contributed by atoms with Crippen LogP contribution in [0.2, 0.25) is 0 Å². The molecule has 2 unspecified atom stereocenters. The van der Waals surface area contributed by atoms with Gasteiger partial charge in [-0.15, -0.1) is 11.3 Å². The molecule has 0 spiro atoms. The highest BCUT2D eigenvalue weighted by atomic mass is 32.1. The first-order valence-corrected chi connectivity index (χ1v) is 8.42. The fourth-order valence-corrected chi connectivity index (χ4v) is 3.48. The summed E-state index contributed by atoms with van der Waals surface area (Å²) in [5, 5.41) is 12.9. The molecule has 0 saturated carbocycles. The lowest BCUT2D eigenvalue weighted by Crippen LogP contribution is -2.45. The predicted octanol–water partition coefficient (Wildman–Crippen LogP) is 2.96. The summed E-state index contributed by atoms with van der Waals surface area (Å²) in [7, 11) is 0. The van der Waals surface area contributed by atoms with E-state index in [1.54, 1.807) is 16.2 Å². The van der Waals surface area contributed by atoms with Crippen LogP contribution in [0.1, 0.15) is 29.4 Å². The summed E-state index contributed by atoms with van der Waals surface area (Å²) in [4.78, 5) is 18.9. The largest absolute Gasteiger partial charge is 0.391 e. The van der Waals surface area contributed by atoms with Gasteiger partial charge in [0.1, 0.15) is 5.01 Å². The van der Waals surface area contributed by atoms with Gasteiger partial charge in [-0.2, -0.15) is 0 Å². The monoisotopic (exact) mass is 316 g/mol. The van der Waals surface area contributed by atoms with Crippen molar-refractivity contribution in [2.75, 3.05) is 13.1 Å². The molecule has 5 heteroatoms. The minimum absolute atomic E-state index is 0.0129. The predicted molar refractivity (Wildman–Crippen MR) is 88.0 cm³/mol. The third-order valence-corrected chi connectivity index (χ3v) is 5.19. The van der Waals surface area contributed by atoms with Crippen LogP contribution in [0.3, 0.4) is 0 Å². The Kier molecular flexibility index (Phi) is 4.27. The Bertz CT molecular complexity index is 683. The van der Waals surface area contributed by atoms with Crippen molar-refractivity contribution in [2.45, 2.75) is 26.4 Å². The number of hydrogen-bond acceptors (Lipinski definition) is 4. The van der Waals surface area contributed by atoms with Crippen LogP contribution in [-0.4, -0.2) is 40.1 Å². The number of amides is 1. The third-order valence-electron chi connectivity index (χ3n) is 4.18. The van der Waals surface area contributed by atoms with Crippen molar-refractivity contribution in [1.29, 1.82) is 0 Å². The molecule has 1 aromatic carbocycles. The molecular formula is C17H20N2O2S. The van der Waals surface area contributed by atoms with E-state index in [9.17, 15) is 9.90 Å². The molecule has 0 radical (unpaired) electrons. The van der Waals surface area contributed by atoms with E-state index in [-0.39, 0.29) is 11.8 Å². The third kappa shape index (κ3) is 3.05. The van der Waals surface area contributed by atoms with Gasteiger partial charge in [0.2, 0.25) is 0 Å². The van der Waals surface area contributed by atoms with Gasteiger partial charge in [-0.1, -0.05) is 19.1 Å². The van der Waals surface area contributed by atoms with Gasteiger partial charge in [-0.05, 0) is 31.4 Å².